The number of pyridine rings is 1. The number of carbonyl (C=O) groups excluding carboxylic acids is 1. The van der Waals surface area contributed by atoms with Crippen LogP contribution < -0.4 is 15.6 Å². The molecule has 0 bridgehead atoms. The van der Waals surface area contributed by atoms with Crippen LogP contribution in [0.2, 0.25) is 0 Å². The standard InChI is InChI=1S/C23H22N2O3/c26-22(19-10-11-20(25-23(19)27)17-6-2-1-3-7-17)24-15-16-12-13-28-21-9-5-4-8-18(21)14-16/h1-11,16H,12-15H2,(H,24,26)(H,25,27). The Hall–Kier alpha value is -3.34. The van der Waals surface area contributed by atoms with Gasteiger partial charge in [-0.2, -0.15) is 0 Å². The lowest BCUT2D eigenvalue weighted by molar-refractivity contribution is 0.0944. The lowest BCUT2D eigenvalue weighted by Gasteiger charge is -2.14. The van der Waals surface area contributed by atoms with Crippen LogP contribution in [0.15, 0.2) is 71.5 Å². The molecule has 2 N–H and O–H groups in total. The number of hydrogen-bond donors (Lipinski definition) is 2. The molecule has 2 heterocycles. The number of amides is 1. The third kappa shape index (κ3) is 3.98. The number of carbonyl (C=O) groups is 1. The molecular formula is C23H22N2O3. The van der Waals surface area contributed by atoms with Crippen molar-refractivity contribution in [1.29, 1.82) is 0 Å². The van der Waals surface area contributed by atoms with Gasteiger partial charge in [0, 0.05) is 12.2 Å². The van der Waals surface area contributed by atoms with Crippen LogP contribution in [0.25, 0.3) is 11.3 Å². The van der Waals surface area contributed by atoms with Gasteiger partial charge in [0.25, 0.3) is 11.5 Å². The Labute approximate surface area is 163 Å². The van der Waals surface area contributed by atoms with E-state index in [0.29, 0.717) is 18.8 Å². The Kier molecular flexibility index (Phi) is 5.24. The molecule has 142 valence electrons. The second-order valence-electron chi connectivity index (χ2n) is 7.01. The second-order valence-corrected chi connectivity index (χ2v) is 7.01. The number of aromatic amines is 1. The highest BCUT2D eigenvalue weighted by molar-refractivity contribution is 5.94. The van der Waals surface area contributed by atoms with Gasteiger partial charge < -0.3 is 15.0 Å². The number of nitrogens with one attached hydrogen (secondary N) is 2. The van der Waals surface area contributed by atoms with E-state index in [9.17, 15) is 9.59 Å². The quantitative estimate of drug-likeness (QED) is 0.735. The maximum absolute atomic E-state index is 12.5. The molecule has 0 fully saturated rings. The molecule has 1 aliphatic heterocycles. The van der Waals surface area contributed by atoms with Crippen molar-refractivity contribution in [3.8, 4) is 17.0 Å². The average molecular weight is 374 g/mol. The molecule has 1 unspecified atom stereocenters. The summed E-state index contributed by atoms with van der Waals surface area (Å²) in [5, 5.41) is 2.91. The molecule has 1 aliphatic rings. The van der Waals surface area contributed by atoms with Crippen molar-refractivity contribution in [2.24, 2.45) is 5.92 Å². The fourth-order valence-corrected chi connectivity index (χ4v) is 3.51. The number of rotatable bonds is 4. The van der Waals surface area contributed by atoms with Gasteiger partial charge in [-0.1, -0.05) is 48.5 Å². The van der Waals surface area contributed by atoms with E-state index >= 15 is 0 Å². The lowest BCUT2D eigenvalue weighted by Crippen LogP contribution is -2.34. The topological polar surface area (TPSA) is 71.2 Å². The van der Waals surface area contributed by atoms with Crippen LogP contribution in [0.1, 0.15) is 22.3 Å². The van der Waals surface area contributed by atoms with Crippen LogP contribution in [0.4, 0.5) is 0 Å². The van der Waals surface area contributed by atoms with Gasteiger partial charge in [0.05, 0.1) is 6.61 Å². The van der Waals surface area contributed by atoms with Crippen molar-refractivity contribution in [2.75, 3.05) is 13.2 Å². The molecule has 5 nitrogen and oxygen atoms in total. The van der Waals surface area contributed by atoms with Crippen molar-refractivity contribution in [3.63, 3.8) is 0 Å². The van der Waals surface area contributed by atoms with E-state index in [1.165, 1.54) is 0 Å². The van der Waals surface area contributed by atoms with Crippen LogP contribution in [-0.4, -0.2) is 24.0 Å². The molecule has 1 atom stereocenters. The average Bonchev–Trinajstić information content (AvgIpc) is 2.94. The third-order valence-corrected chi connectivity index (χ3v) is 5.06. The number of para-hydroxylation sites is 1. The molecule has 5 heteroatoms. The Morgan fingerprint density at radius 2 is 1.82 bits per heavy atom. The smallest absolute Gasteiger partial charge is 0.261 e. The summed E-state index contributed by atoms with van der Waals surface area (Å²) >= 11 is 0. The summed E-state index contributed by atoms with van der Waals surface area (Å²) in [7, 11) is 0. The van der Waals surface area contributed by atoms with E-state index in [0.717, 1.165) is 29.7 Å². The van der Waals surface area contributed by atoms with Gasteiger partial charge in [0.15, 0.2) is 0 Å². The number of hydrogen-bond acceptors (Lipinski definition) is 3. The minimum atomic E-state index is -0.381. The van der Waals surface area contributed by atoms with Crippen LogP contribution in [0, 0.1) is 5.92 Å². The molecule has 1 amide bonds. The number of fused-ring (bicyclic) bond motifs is 1. The van der Waals surface area contributed by atoms with E-state index in [1.807, 2.05) is 48.5 Å². The predicted octanol–water partition coefficient (Wildman–Crippen LogP) is 3.41. The summed E-state index contributed by atoms with van der Waals surface area (Å²) in [6.07, 6.45) is 1.71. The highest BCUT2D eigenvalue weighted by atomic mass is 16.5. The van der Waals surface area contributed by atoms with Gasteiger partial charge in [-0.05, 0) is 48.1 Å². The van der Waals surface area contributed by atoms with Gasteiger partial charge in [-0.3, -0.25) is 9.59 Å². The van der Waals surface area contributed by atoms with E-state index in [2.05, 4.69) is 16.4 Å². The first-order valence-electron chi connectivity index (χ1n) is 9.48. The Bertz CT molecular complexity index is 1030. The monoisotopic (exact) mass is 374 g/mol. The van der Waals surface area contributed by atoms with Gasteiger partial charge in [0.2, 0.25) is 0 Å². The summed E-state index contributed by atoms with van der Waals surface area (Å²) < 4.78 is 5.78. The zero-order valence-electron chi connectivity index (χ0n) is 15.5. The van der Waals surface area contributed by atoms with E-state index in [1.54, 1.807) is 12.1 Å². The number of H-pyrrole nitrogens is 1. The molecule has 0 radical (unpaired) electrons. The van der Waals surface area contributed by atoms with Gasteiger partial charge in [-0.15, -0.1) is 0 Å². The highest BCUT2D eigenvalue weighted by Crippen LogP contribution is 2.26. The molecule has 2 aromatic carbocycles. The summed E-state index contributed by atoms with van der Waals surface area (Å²) in [5.74, 6) is 0.846. The van der Waals surface area contributed by atoms with Crippen molar-refractivity contribution < 1.29 is 9.53 Å². The largest absolute Gasteiger partial charge is 0.493 e. The van der Waals surface area contributed by atoms with E-state index < -0.39 is 0 Å². The molecule has 0 aliphatic carbocycles. The first-order chi connectivity index (χ1) is 13.7. The van der Waals surface area contributed by atoms with Crippen molar-refractivity contribution in [3.05, 3.63) is 88.2 Å². The van der Waals surface area contributed by atoms with Crippen LogP contribution in [-0.2, 0) is 6.42 Å². The molecule has 28 heavy (non-hydrogen) atoms. The maximum atomic E-state index is 12.5. The zero-order chi connectivity index (χ0) is 19.3. The number of ether oxygens (including phenoxy) is 1. The van der Waals surface area contributed by atoms with Crippen molar-refractivity contribution >= 4 is 5.91 Å². The predicted molar refractivity (Wildman–Crippen MR) is 109 cm³/mol. The van der Waals surface area contributed by atoms with Crippen LogP contribution in [0.3, 0.4) is 0 Å². The summed E-state index contributed by atoms with van der Waals surface area (Å²) in [6.45, 7) is 1.14. The fraction of sp³-hybridized carbons (Fsp3) is 0.217. The molecular weight excluding hydrogens is 352 g/mol. The van der Waals surface area contributed by atoms with E-state index in [4.69, 9.17) is 4.74 Å². The molecule has 0 spiro atoms. The van der Waals surface area contributed by atoms with E-state index in [-0.39, 0.29) is 22.9 Å². The second kappa shape index (κ2) is 8.13. The first-order valence-corrected chi connectivity index (χ1v) is 9.48. The summed E-state index contributed by atoms with van der Waals surface area (Å²) in [6, 6.07) is 20.9. The van der Waals surface area contributed by atoms with Gasteiger partial charge in [0.1, 0.15) is 11.3 Å². The molecule has 4 rings (SSSR count). The van der Waals surface area contributed by atoms with Crippen LogP contribution >= 0.6 is 0 Å². The molecule has 3 aromatic rings. The normalized spacial score (nSPS) is 15.8. The number of aromatic nitrogens is 1. The van der Waals surface area contributed by atoms with Crippen molar-refractivity contribution in [2.45, 2.75) is 12.8 Å². The Morgan fingerprint density at radius 1 is 1.04 bits per heavy atom. The SMILES string of the molecule is O=C(NCC1CCOc2ccccc2C1)c1ccc(-c2ccccc2)[nH]c1=O. The Balaban J connectivity index is 1.42. The number of benzene rings is 2. The zero-order valence-corrected chi connectivity index (χ0v) is 15.5. The first kappa shape index (κ1) is 18.0. The molecule has 0 saturated heterocycles. The summed E-state index contributed by atoms with van der Waals surface area (Å²) in [5.41, 5.74) is 2.51. The van der Waals surface area contributed by atoms with Gasteiger partial charge >= 0.3 is 0 Å². The van der Waals surface area contributed by atoms with Crippen LogP contribution in [0.5, 0.6) is 5.75 Å². The minimum Gasteiger partial charge on any atom is -0.493 e. The maximum Gasteiger partial charge on any atom is 0.261 e. The molecule has 0 saturated carbocycles. The van der Waals surface area contributed by atoms with Crippen molar-refractivity contribution in [1.82, 2.24) is 10.3 Å². The van der Waals surface area contributed by atoms with Gasteiger partial charge in [-0.25, -0.2) is 0 Å². The molecule has 1 aromatic heterocycles. The third-order valence-electron chi connectivity index (χ3n) is 5.06. The Morgan fingerprint density at radius 3 is 2.64 bits per heavy atom. The minimum absolute atomic E-state index is 0.130. The lowest BCUT2D eigenvalue weighted by atomic mass is 9.97. The highest BCUT2D eigenvalue weighted by Gasteiger charge is 2.19. The summed E-state index contributed by atoms with van der Waals surface area (Å²) in [4.78, 5) is 27.7. The fourth-order valence-electron chi connectivity index (χ4n) is 3.51.